The van der Waals surface area contributed by atoms with Crippen LogP contribution in [-0.2, 0) is 28.3 Å². The first-order valence-electron chi connectivity index (χ1n) is 12.1. The number of halogens is 2. The van der Waals surface area contributed by atoms with Gasteiger partial charge in [-0.3, -0.25) is 9.59 Å². The molecule has 36 heavy (non-hydrogen) atoms. The molecular formula is C29H32BrFN2O2S. The lowest BCUT2D eigenvalue weighted by molar-refractivity contribution is -0.139. The van der Waals surface area contributed by atoms with Crippen molar-refractivity contribution in [2.75, 3.05) is 5.75 Å². The monoisotopic (exact) mass is 570 g/mol. The Bertz CT molecular complexity index is 1140. The molecule has 0 aromatic heterocycles. The molecule has 0 fully saturated rings. The molecule has 0 aliphatic rings. The van der Waals surface area contributed by atoms with Gasteiger partial charge >= 0.3 is 0 Å². The molecule has 0 unspecified atom stereocenters. The van der Waals surface area contributed by atoms with Crippen molar-refractivity contribution in [1.29, 1.82) is 0 Å². The minimum absolute atomic E-state index is 0.00553. The fourth-order valence-corrected chi connectivity index (χ4v) is 5.12. The van der Waals surface area contributed by atoms with Gasteiger partial charge in [0, 0.05) is 29.2 Å². The van der Waals surface area contributed by atoms with Gasteiger partial charge in [-0.1, -0.05) is 83.5 Å². The van der Waals surface area contributed by atoms with E-state index < -0.39 is 6.04 Å². The predicted octanol–water partition coefficient (Wildman–Crippen LogP) is 6.38. The maximum absolute atomic E-state index is 14.1. The summed E-state index contributed by atoms with van der Waals surface area (Å²) in [6.45, 7) is 4.27. The van der Waals surface area contributed by atoms with E-state index in [1.807, 2.05) is 68.4 Å². The Morgan fingerprint density at radius 3 is 2.39 bits per heavy atom. The molecule has 2 atom stereocenters. The summed E-state index contributed by atoms with van der Waals surface area (Å²) in [6.07, 6.45) is 1.20. The Hall–Kier alpha value is -2.64. The van der Waals surface area contributed by atoms with Crippen molar-refractivity contribution in [3.8, 4) is 0 Å². The second-order valence-electron chi connectivity index (χ2n) is 8.76. The number of nitrogens with zero attached hydrogens (tertiary/aromatic N) is 1. The third kappa shape index (κ3) is 8.49. The van der Waals surface area contributed by atoms with Gasteiger partial charge in [-0.15, -0.1) is 11.8 Å². The Kier molecular flexibility index (Phi) is 11.0. The highest BCUT2D eigenvalue weighted by atomic mass is 79.9. The summed E-state index contributed by atoms with van der Waals surface area (Å²) in [6, 6.07) is 23.4. The van der Waals surface area contributed by atoms with Crippen LogP contribution in [0.4, 0.5) is 4.39 Å². The first-order chi connectivity index (χ1) is 17.4. The maximum atomic E-state index is 14.1. The zero-order valence-electron chi connectivity index (χ0n) is 20.6. The van der Waals surface area contributed by atoms with E-state index in [-0.39, 0.29) is 29.4 Å². The van der Waals surface area contributed by atoms with Gasteiger partial charge in [0.15, 0.2) is 0 Å². The summed E-state index contributed by atoms with van der Waals surface area (Å²) >= 11 is 4.86. The van der Waals surface area contributed by atoms with Gasteiger partial charge < -0.3 is 10.2 Å². The molecule has 190 valence electrons. The predicted molar refractivity (Wildman–Crippen MR) is 149 cm³/mol. The van der Waals surface area contributed by atoms with Crippen molar-refractivity contribution in [1.82, 2.24) is 10.2 Å². The van der Waals surface area contributed by atoms with Crippen LogP contribution >= 0.6 is 27.7 Å². The lowest BCUT2D eigenvalue weighted by Gasteiger charge is -2.32. The van der Waals surface area contributed by atoms with Crippen LogP contribution in [0.2, 0.25) is 0 Å². The molecule has 0 radical (unpaired) electrons. The third-order valence-corrected chi connectivity index (χ3v) is 7.41. The summed E-state index contributed by atoms with van der Waals surface area (Å²) in [5.74, 6) is -0.0824. The molecule has 1 N–H and O–H groups in total. The molecule has 0 saturated heterocycles. The van der Waals surface area contributed by atoms with Crippen LogP contribution < -0.4 is 5.32 Å². The lowest BCUT2D eigenvalue weighted by Crippen LogP contribution is -2.52. The molecule has 4 nitrogen and oxygen atoms in total. The molecule has 3 rings (SSSR count). The minimum atomic E-state index is -0.679. The Morgan fingerprint density at radius 1 is 1.00 bits per heavy atom. The van der Waals surface area contributed by atoms with Gasteiger partial charge in [-0.25, -0.2) is 4.39 Å². The minimum Gasteiger partial charge on any atom is -0.352 e. The molecule has 0 spiro atoms. The standard InChI is InChI=1S/C29H32BrFN2O2S/c1-3-21(2)32-29(35)27(17-22-10-5-4-6-11-22)33(18-23-12-9-14-25(30)16-23)28(34)20-36-19-24-13-7-8-15-26(24)31/h4-16,21,27H,3,17-20H2,1-2H3,(H,32,35)/t21-,27+/m1/s1. The van der Waals surface area contributed by atoms with Crippen LogP contribution in [0, 0.1) is 5.82 Å². The van der Waals surface area contributed by atoms with E-state index in [1.165, 1.54) is 17.8 Å². The van der Waals surface area contributed by atoms with Crippen LogP contribution in [0.3, 0.4) is 0 Å². The molecule has 3 aromatic rings. The Morgan fingerprint density at radius 2 is 1.69 bits per heavy atom. The van der Waals surface area contributed by atoms with Crippen molar-refractivity contribution in [3.63, 3.8) is 0 Å². The summed E-state index contributed by atoms with van der Waals surface area (Å²) in [5.41, 5.74) is 2.46. The number of amides is 2. The van der Waals surface area contributed by atoms with Gasteiger partial charge in [0.05, 0.1) is 5.75 Å². The van der Waals surface area contributed by atoms with Crippen LogP contribution in [0.15, 0.2) is 83.3 Å². The van der Waals surface area contributed by atoms with E-state index in [4.69, 9.17) is 0 Å². The molecule has 0 aliphatic carbocycles. The van der Waals surface area contributed by atoms with Gasteiger partial charge in [0.2, 0.25) is 11.8 Å². The first-order valence-corrected chi connectivity index (χ1v) is 14.0. The van der Waals surface area contributed by atoms with E-state index in [0.717, 1.165) is 22.0 Å². The fraction of sp³-hybridized carbons (Fsp3) is 0.310. The lowest BCUT2D eigenvalue weighted by atomic mass is 10.0. The van der Waals surface area contributed by atoms with Crippen molar-refractivity contribution in [2.45, 2.75) is 51.1 Å². The van der Waals surface area contributed by atoms with Gasteiger partial charge in [-0.2, -0.15) is 0 Å². The zero-order chi connectivity index (χ0) is 25.9. The molecule has 0 bridgehead atoms. The number of carbonyl (C=O) groups excluding carboxylic acids is 2. The van der Waals surface area contributed by atoms with Gasteiger partial charge in [0.25, 0.3) is 0 Å². The first kappa shape index (κ1) is 27.9. The average molecular weight is 572 g/mol. The second kappa shape index (κ2) is 14.2. The zero-order valence-corrected chi connectivity index (χ0v) is 23.0. The molecule has 3 aromatic carbocycles. The number of benzene rings is 3. The SMILES string of the molecule is CC[C@@H](C)NC(=O)[C@H](Cc1ccccc1)N(Cc1cccc(Br)c1)C(=O)CSCc1ccccc1F. The molecule has 0 aliphatic heterocycles. The number of thioether (sulfide) groups is 1. The van der Waals surface area contributed by atoms with E-state index in [1.54, 1.807) is 23.1 Å². The highest BCUT2D eigenvalue weighted by Crippen LogP contribution is 2.21. The number of nitrogens with one attached hydrogen (secondary N) is 1. The highest BCUT2D eigenvalue weighted by Gasteiger charge is 2.31. The number of hydrogen-bond donors (Lipinski definition) is 1. The second-order valence-corrected chi connectivity index (χ2v) is 10.7. The third-order valence-electron chi connectivity index (χ3n) is 5.96. The van der Waals surface area contributed by atoms with Crippen molar-refractivity contribution >= 4 is 39.5 Å². The van der Waals surface area contributed by atoms with Crippen molar-refractivity contribution in [3.05, 3.63) is 106 Å². The molecule has 2 amide bonds. The van der Waals surface area contributed by atoms with Crippen molar-refractivity contribution < 1.29 is 14.0 Å². The number of carbonyl (C=O) groups is 2. The molecule has 7 heteroatoms. The summed E-state index contributed by atoms with van der Waals surface area (Å²) in [5, 5.41) is 3.07. The highest BCUT2D eigenvalue weighted by molar-refractivity contribution is 9.10. The fourth-order valence-electron chi connectivity index (χ4n) is 3.77. The van der Waals surface area contributed by atoms with Crippen LogP contribution in [0.5, 0.6) is 0 Å². The normalized spacial score (nSPS) is 12.6. The molecule has 0 heterocycles. The van der Waals surface area contributed by atoms with Gasteiger partial charge in [0.1, 0.15) is 11.9 Å². The van der Waals surface area contributed by atoms with Gasteiger partial charge in [-0.05, 0) is 48.2 Å². The summed E-state index contributed by atoms with van der Waals surface area (Å²) in [4.78, 5) is 28.8. The van der Waals surface area contributed by atoms with E-state index in [2.05, 4.69) is 21.2 Å². The van der Waals surface area contributed by atoms with E-state index >= 15 is 0 Å². The van der Waals surface area contributed by atoms with Crippen LogP contribution in [0.1, 0.15) is 37.0 Å². The molecular weight excluding hydrogens is 539 g/mol. The summed E-state index contributed by atoms with van der Waals surface area (Å²) < 4.78 is 15.0. The number of hydrogen-bond acceptors (Lipinski definition) is 3. The largest absolute Gasteiger partial charge is 0.352 e. The average Bonchev–Trinajstić information content (AvgIpc) is 2.87. The Labute approximate surface area is 225 Å². The summed E-state index contributed by atoms with van der Waals surface area (Å²) in [7, 11) is 0. The quantitative estimate of drug-likeness (QED) is 0.275. The molecule has 0 saturated carbocycles. The van der Waals surface area contributed by atoms with Crippen LogP contribution in [-0.4, -0.2) is 34.6 Å². The topological polar surface area (TPSA) is 49.4 Å². The van der Waals surface area contributed by atoms with Crippen LogP contribution in [0.25, 0.3) is 0 Å². The van der Waals surface area contributed by atoms with Crippen molar-refractivity contribution in [2.24, 2.45) is 0 Å². The van der Waals surface area contributed by atoms with E-state index in [9.17, 15) is 14.0 Å². The number of rotatable bonds is 12. The van der Waals surface area contributed by atoms with E-state index in [0.29, 0.717) is 24.3 Å². The Balaban J connectivity index is 1.86. The maximum Gasteiger partial charge on any atom is 0.243 e. The smallest absolute Gasteiger partial charge is 0.243 e.